The highest BCUT2D eigenvalue weighted by atomic mass is 16.5. The lowest BCUT2D eigenvalue weighted by molar-refractivity contribution is -0.129. The predicted molar refractivity (Wildman–Crippen MR) is 91.6 cm³/mol. The lowest BCUT2D eigenvalue weighted by Gasteiger charge is -2.24. The van der Waals surface area contributed by atoms with Crippen molar-refractivity contribution >= 4 is 5.91 Å². The number of amides is 1. The van der Waals surface area contributed by atoms with Gasteiger partial charge in [-0.15, -0.1) is 0 Å². The van der Waals surface area contributed by atoms with Gasteiger partial charge in [-0.1, -0.05) is 12.1 Å². The minimum atomic E-state index is 0.228. The van der Waals surface area contributed by atoms with Crippen molar-refractivity contribution in [1.82, 2.24) is 10.2 Å². The molecule has 1 aliphatic rings. The Kier molecular flexibility index (Phi) is 5.54. The number of hydrogen-bond acceptors (Lipinski definition) is 4. The summed E-state index contributed by atoms with van der Waals surface area (Å²) < 4.78 is 10.5. The van der Waals surface area contributed by atoms with Crippen molar-refractivity contribution in [2.24, 2.45) is 0 Å². The van der Waals surface area contributed by atoms with Crippen LogP contribution in [0.5, 0.6) is 5.75 Å². The largest absolute Gasteiger partial charge is 0.497 e. The minimum Gasteiger partial charge on any atom is -0.497 e. The lowest BCUT2D eigenvalue weighted by Crippen LogP contribution is -2.34. The molecule has 1 unspecified atom stereocenters. The van der Waals surface area contributed by atoms with Gasteiger partial charge in [-0.25, -0.2) is 0 Å². The molecule has 1 atom stereocenters. The van der Waals surface area contributed by atoms with Crippen molar-refractivity contribution in [3.63, 3.8) is 0 Å². The van der Waals surface area contributed by atoms with E-state index in [4.69, 9.17) is 9.15 Å². The number of furan rings is 1. The van der Waals surface area contributed by atoms with E-state index < -0.39 is 0 Å². The summed E-state index contributed by atoms with van der Waals surface area (Å²) in [6, 6.07) is 12.1. The van der Waals surface area contributed by atoms with Gasteiger partial charge in [0.1, 0.15) is 11.5 Å². The number of hydrogen-bond donors (Lipinski definition) is 1. The van der Waals surface area contributed by atoms with Gasteiger partial charge in [-0.2, -0.15) is 0 Å². The molecule has 1 amide bonds. The number of nitrogens with one attached hydrogen (secondary N) is 1. The second-order valence-electron chi connectivity index (χ2n) is 6.11. The molecule has 0 bridgehead atoms. The Morgan fingerprint density at radius 1 is 1.29 bits per heavy atom. The van der Waals surface area contributed by atoms with Crippen molar-refractivity contribution in [2.75, 3.05) is 13.7 Å². The van der Waals surface area contributed by atoms with Crippen LogP contribution in [0.3, 0.4) is 0 Å². The van der Waals surface area contributed by atoms with Crippen LogP contribution in [-0.2, 0) is 17.9 Å². The summed E-state index contributed by atoms with van der Waals surface area (Å²) in [5, 5.41) is 3.46. The summed E-state index contributed by atoms with van der Waals surface area (Å²) in [7, 11) is 1.67. The number of likely N-dealkylation sites (tertiary alicyclic amines) is 1. The minimum absolute atomic E-state index is 0.228. The van der Waals surface area contributed by atoms with Gasteiger partial charge in [0.25, 0.3) is 0 Å². The van der Waals surface area contributed by atoms with E-state index in [1.807, 2.05) is 29.2 Å². The molecule has 1 N–H and O–H groups in total. The zero-order chi connectivity index (χ0) is 16.8. The van der Waals surface area contributed by atoms with Crippen LogP contribution in [-0.4, -0.2) is 30.5 Å². The van der Waals surface area contributed by atoms with Gasteiger partial charge in [-0.3, -0.25) is 4.79 Å². The molecule has 0 spiro atoms. The van der Waals surface area contributed by atoms with E-state index in [0.717, 1.165) is 37.4 Å². The summed E-state index contributed by atoms with van der Waals surface area (Å²) in [5.41, 5.74) is 1.23. The first kappa shape index (κ1) is 16.6. The number of rotatable bonds is 8. The van der Waals surface area contributed by atoms with Crippen LogP contribution in [0.2, 0.25) is 0 Å². The van der Waals surface area contributed by atoms with Crippen molar-refractivity contribution in [3.05, 3.63) is 54.0 Å². The summed E-state index contributed by atoms with van der Waals surface area (Å²) in [4.78, 5) is 14.0. The maximum Gasteiger partial charge on any atom is 0.223 e. The average molecular weight is 328 g/mol. The molecule has 24 heavy (non-hydrogen) atoms. The third kappa shape index (κ3) is 4.17. The number of benzene rings is 1. The van der Waals surface area contributed by atoms with Gasteiger partial charge in [0.05, 0.1) is 19.9 Å². The molecule has 1 saturated heterocycles. The van der Waals surface area contributed by atoms with Crippen LogP contribution in [0.25, 0.3) is 0 Å². The van der Waals surface area contributed by atoms with Crippen LogP contribution in [0.1, 0.15) is 30.6 Å². The Hall–Kier alpha value is -2.27. The molecular weight excluding hydrogens is 304 g/mol. The fraction of sp³-hybridized carbons (Fsp3) is 0.421. The maximum absolute atomic E-state index is 12.1. The highest BCUT2D eigenvalue weighted by Crippen LogP contribution is 2.23. The molecule has 0 aliphatic carbocycles. The molecular formula is C19H24N2O3. The van der Waals surface area contributed by atoms with E-state index >= 15 is 0 Å². The van der Waals surface area contributed by atoms with Gasteiger partial charge >= 0.3 is 0 Å². The molecule has 3 rings (SSSR count). The molecule has 128 valence electrons. The standard InChI is InChI=1S/C19H24N2O3/c1-23-17-7-4-15(5-8-17)13-20-11-10-16-6-9-19(22)21(16)14-18-3-2-12-24-18/h2-5,7-8,12,16,20H,6,9-11,13-14H2,1H3. The zero-order valence-corrected chi connectivity index (χ0v) is 14.0. The molecule has 1 fully saturated rings. The second kappa shape index (κ2) is 8.02. The van der Waals surface area contributed by atoms with E-state index in [0.29, 0.717) is 19.0 Å². The van der Waals surface area contributed by atoms with Crippen molar-refractivity contribution < 1.29 is 13.9 Å². The number of methoxy groups -OCH3 is 1. The van der Waals surface area contributed by atoms with Crippen LogP contribution in [0.4, 0.5) is 0 Å². The molecule has 1 aromatic carbocycles. The molecule has 5 nitrogen and oxygen atoms in total. The Bertz CT molecular complexity index is 637. The molecule has 0 saturated carbocycles. The summed E-state index contributed by atoms with van der Waals surface area (Å²) in [5.74, 6) is 1.95. The fourth-order valence-corrected chi connectivity index (χ4v) is 3.13. The quantitative estimate of drug-likeness (QED) is 0.757. The van der Waals surface area contributed by atoms with Gasteiger partial charge in [0.2, 0.25) is 5.91 Å². The number of carbonyl (C=O) groups is 1. The molecule has 0 radical (unpaired) electrons. The van der Waals surface area contributed by atoms with Crippen molar-refractivity contribution in [2.45, 2.75) is 38.4 Å². The van der Waals surface area contributed by atoms with Crippen LogP contribution in [0.15, 0.2) is 47.1 Å². The Morgan fingerprint density at radius 2 is 2.12 bits per heavy atom. The molecule has 5 heteroatoms. The first-order valence-electron chi connectivity index (χ1n) is 8.42. The van der Waals surface area contributed by atoms with Gasteiger partial charge in [0, 0.05) is 19.0 Å². The van der Waals surface area contributed by atoms with E-state index in [9.17, 15) is 4.79 Å². The van der Waals surface area contributed by atoms with E-state index in [1.165, 1.54) is 5.56 Å². The molecule has 2 aromatic rings. The Labute approximate surface area is 142 Å². The summed E-state index contributed by atoms with van der Waals surface area (Å²) in [6.07, 6.45) is 4.19. The van der Waals surface area contributed by atoms with Crippen LogP contribution >= 0.6 is 0 Å². The topological polar surface area (TPSA) is 54.7 Å². The van der Waals surface area contributed by atoms with E-state index in [2.05, 4.69) is 17.4 Å². The number of nitrogens with zero attached hydrogens (tertiary/aromatic N) is 1. The van der Waals surface area contributed by atoms with Crippen molar-refractivity contribution in [3.8, 4) is 5.75 Å². The lowest BCUT2D eigenvalue weighted by atomic mass is 10.1. The highest BCUT2D eigenvalue weighted by Gasteiger charge is 2.30. The Balaban J connectivity index is 1.44. The third-order valence-electron chi connectivity index (χ3n) is 4.50. The summed E-state index contributed by atoms with van der Waals surface area (Å²) in [6.45, 7) is 2.29. The van der Waals surface area contributed by atoms with Crippen LogP contribution in [0, 0.1) is 0 Å². The van der Waals surface area contributed by atoms with Gasteiger partial charge < -0.3 is 19.4 Å². The first-order chi connectivity index (χ1) is 11.8. The third-order valence-corrected chi connectivity index (χ3v) is 4.50. The number of carbonyl (C=O) groups excluding carboxylic acids is 1. The van der Waals surface area contributed by atoms with E-state index in [-0.39, 0.29) is 5.91 Å². The van der Waals surface area contributed by atoms with Gasteiger partial charge in [-0.05, 0) is 49.2 Å². The first-order valence-corrected chi connectivity index (χ1v) is 8.42. The monoisotopic (exact) mass is 328 g/mol. The zero-order valence-electron chi connectivity index (χ0n) is 14.0. The normalized spacial score (nSPS) is 17.5. The van der Waals surface area contributed by atoms with E-state index in [1.54, 1.807) is 13.4 Å². The van der Waals surface area contributed by atoms with Crippen molar-refractivity contribution in [1.29, 1.82) is 0 Å². The smallest absolute Gasteiger partial charge is 0.223 e. The second-order valence-corrected chi connectivity index (χ2v) is 6.11. The Morgan fingerprint density at radius 3 is 2.83 bits per heavy atom. The van der Waals surface area contributed by atoms with Crippen LogP contribution < -0.4 is 10.1 Å². The number of ether oxygens (including phenoxy) is 1. The molecule has 2 heterocycles. The SMILES string of the molecule is COc1ccc(CNCCC2CCC(=O)N2Cc2ccco2)cc1. The predicted octanol–water partition coefficient (Wildman–Crippen LogP) is 2.96. The molecule has 1 aromatic heterocycles. The summed E-state index contributed by atoms with van der Waals surface area (Å²) >= 11 is 0. The fourth-order valence-electron chi connectivity index (χ4n) is 3.13. The average Bonchev–Trinajstić information content (AvgIpc) is 3.24. The molecule has 1 aliphatic heterocycles. The van der Waals surface area contributed by atoms with Gasteiger partial charge in [0.15, 0.2) is 0 Å². The highest BCUT2D eigenvalue weighted by molar-refractivity contribution is 5.78. The maximum atomic E-state index is 12.1.